The summed E-state index contributed by atoms with van der Waals surface area (Å²) < 4.78 is 5.92. The number of piperidine rings is 1. The first kappa shape index (κ1) is 21.1. The summed E-state index contributed by atoms with van der Waals surface area (Å²) in [6.07, 6.45) is 1.73. The Morgan fingerprint density at radius 3 is 2.52 bits per heavy atom. The molecule has 31 heavy (non-hydrogen) atoms. The molecule has 1 aliphatic rings. The summed E-state index contributed by atoms with van der Waals surface area (Å²) >= 11 is 0. The molecule has 0 spiro atoms. The van der Waals surface area contributed by atoms with Gasteiger partial charge in [-0.25, -0.2) is 4.98 Å². The van der Waals surface area contributed by atoms with Gasteiger partial charge in [0, 0.05) is 38.2 Å². The molecule has 7 heteroatoms. The number of para-hydroxylation sites is 2. The highest BCUT2D eigenvalue weighted by Crippen LogP contribution is 2.30. The highest BCUT2D eigenvalue weighted by atomic mass is 16.3. The molecule has 0 saturated carbocycles. The first-order valence-electron chi connectivity index (χ1n) is 10.7. The van der Waals surface area contributed by atoms with Gasteiger partial charge in [0.1, 0.15) is 5.52 Å². The molecule has 1 fully saturated rings. The van der Waals surface area contributed by atoms with Gasteiger partial charge in [0.2, 0.25) is 5.91 Å². The van der Waals surface area contributed by atoms with Crippen molar-refractivity contribution in [3.63, 3.8) is 0 Å². The standard InChI is InChI=1S/C24H28N4O3/c1-25-23(30)18-9-7-17(8-10-18)15-27(2)16-22(29)28-13-11-19(12-14-28)24-26-20-5-3-4-6-21(20)31-24/h3-10,19H,11-16H2,1-2H3,(H,25,30). The van der Waals surface area contributed by atoms with E-state index in [0.29, 0.717) is 18.7 Å². The number of amides is 2. The van der Waals surface area contributed by atoms with Crippen LogP contribution in [0.1, 0.15) is 40.6 Å². The number of oxazole rings is 1. The minimum Gasteiger partial charge on any atom is -0.440 e. The van der Waals surface area contributed by atoms with Crippen LogP contribution in [-0.4, -0.2) is 60.3 Å². The van der Waals surface area contributed by atoms with Gasteiger partial charge >= 0.3 is 0 Å². The SMILES string of the molecule is CNC(=O)c1ccc(CN(C)CC(=O)N2CCC(c3nc4ccccc4o3)CC2)cc1. The number of benzene rings is 2. The van der Waals surface area contributed by atoms with Gasteiger partial charge in [-0.2, -0.15) is 0 Å². The highest BCUT2D eigenvalue weighted by Gasteiger charge is 2.27. The summed E-state index contributed by atoms with van der Waals surface area (Å²) in [4.78, 5) is 33.0. The number of likely N-dealkylation sites (tertiary alicyclic amines) is 1. The van der Waals surface area contributed by atoms with E-state index < -0.39 is 0 Å². The maximum absolute atomic E-state index is 12.8. The highest BCUT2D eigenvalue weighted by molar-refractivity contribution is 5.93. The van der Waals surface area contributed by atoms with Crippen LogP contribution in [0, 0.1) is 0 Å². The van der Waals surface area contributed by atoms with Crippen molar-refractivity contribution in [1.29, 1.82) is 0 Å². The van der Waals surface area contributed by atoms with E-state index in [-0.39, 0.29) is 17.7 Å². The number of hydrogen-bond donors (Lipinski definition) is 1. The second-order valence-electron chi connectivity index (χ2n) is 8.12. The molecule has 1 aromatic heterocycles. The van der Waals surface area contributed by atoms with Crippen LogP contribution >= 0.6 is 0 Å². The Morgan fingerprint density at radius 1 is 1.13 bits per heavy atom. The van der Waals surface area contributed by atoms with Crippen molar-refractivity contribution in [3.05, 3.63) is 65.5 Å². The first-order chi connectivity index (χ1) is 15.0. The predicted octanol–water partition coefficient (Wildman–Crippen LogP) is 3.03. The average Bonchev–Trinajstić information content (AvgIpc) is 3.23. The topological polar surface area (TPSA) is 78.7 Å². The van der Waals surface area contributed by atoms with E-state index in [1.807, 2.05) is 53.2 Å². The lowest BCUT2D eigenvalue weighted by molar-refractivity contribution is -0.133. The molecule has 1 N–H and O–H groups in total. The summed E-state index contributed by atoms with van der Waals surface area (Å²) in [5.41, 5.74) is 3.41. The Balaban J connectivity index is 1.27. The Labute approximate surface area is 182 Å². The van der Waals surface area contributed by atoms with E-state index in [9.17, 15) is 9.59 Å². The van der Waals surface area contributed by atoms with E-state index >= 15 is 0 Å². The number of likely N-dealkylation sites (N-methyl/N-ethyl adjacent to an activating group) is 1. The Kier molecular flexibility index (Phi) is 6.32. The second-order valence-corrected chi connectivity index (χ2v) is 8.12. The molecule has 2 aromatic carbocycles. The molecular weight excluding hydrogens is 392 g/mol. The molecule has 0 unspecified atom stereocenters. The quantitative estimate of drug-likeness (QED) is 0.663. The van der Waals surface area contributed by atoms with Crippen LogP contribution in [0.4, 0.5) is 0 Å². The van der Waals surface area contributed by atoms with Gasteiger partial charge in [-0.1, -0.05) is 24.3 Å². The fourth-order valence-electron chi connectivity index (χ4n) is 4.04. The monoisotopic (exact) mass is 420 g/mol. The van der Waals surface area contributed by atoms with Gasteiger partial charge in [0.25, 0.3) is 5.91 Å². The average molecular weight is 421 g/mol. The molecule has 0 bridgehead atoms. The molecule has 2 amide bonds. The van der Waals surface area contributed by atoms with Gasteiger partial charge in [0.05, 0.1) is 6.54 Å². The van der Waals surface area contributed by atoms with E-state index in [0.717, 1.165) is 48.5 Å². The molecule has 1 aliphatic heterocycles. The van der Waals surface area contributed by atoms with Gasteiger partial charge < -0.3 is 14.6 Å². The predicted molar refractivity (Wildman–Crippen MR) is 119 cm³/mol. The second kappa shape index (κ2) is 9.31. The summed E-state index contributed by atoms with van der Waals surface area (Å²) in [5.74, 6) is 1.08. The number of carbonyl (C=O) groups excluding carboxylic acids is 2. The van der Waals surface area contributed by atoms with Crippen LogP contribution in [0.5, 0.6) is 0 Å². The molecule has 162 valence electrons. The summed E-state index contributed by atoms with van der Waals surface area (Å²) in [6, 6.07) is 15.3. The lowest BCUT2D eigenvalue weighted by atomic mass is 9.96. The zero-order valence-corrected chi connectivity index (χ0v) is 18.0. The van der Waals surface area contributed by atoms with Crippen LogP contribution < -0.4 is 5.32 Å². The van der Waals surface area contributed by atoms with Crippen molar-refractivity contribution in [2.45, 2.75) is 25.3 Å². The molecule has 0 radical (unpaired) electrons. The number of rotatable bonds is 6. The third-order valence-corrected chi connectivity index (χ3v) is 5.81. The van der Waals surface area contributed by atoms with Crippen LogP contribution in [0.3, 0.4) is 0 Å². The fraction of sp³-hybridized carbons (Fsp3) is 0.375. The molecule has 7 nitrogen and oxygen atoms in total. The van der Waals surface area contributed by atoms with E-state index in [4.69, 9.17) is 4.42 Å². The Morgan fingerprint density at radius 2 is 1.84 bits per heavy atom. The van der Waals surface area contributed by atoms with E-state index in [1.165, 1.54) is 0 Å². The van der Waals surface area contributed by atoms with Gasteiger partial charge in [-0.3, -0.25) is 14.5 Å². The van der Waals surface area contributed by atoms with Crippen molar-refractivity contribution in [3.8, 4) is 0 Å². The fourth-order valence-corrected chi connectivity index (χ4v) is 4.04. The largest absolute Gasteiger partial charge is 0.440 e. The lowest BCUT2D eigenvalue weighted by Gasteiger charge is -2.32. The summed E-state index contributed by atoms with van der Waals surface area (Å²) in [7, 11) is 3.56. The molecule has 2 heterocycles. The number of fused-ring (bicyclic) bond motifs is 1. The van der Waals surface area contributed by atoms with Crippen LogP contribution in [0.25, 0.3) is 11.1 Å². The molecule has 1 saturated heterocycles. The number of carbonyl (C=O) groups is 2. The Bertz CT molecular complexity index is 1020. The number of aromatic nitrogens is 1. The molecule has 0 atom stereocenters. The zero-order valence-electron chi connectivity index (χ0n) is 18.0. The van der Waals surface area contributed by atoms with Gasteiger partial charge in [-0.15, -0.1) is 0 Å². The molecule has 4 rings (SSSR count). The van der Waals surface area contributed by atoms with Crippen LogP contribution in [-0.2, 0) is 11.3 Å². The Hall–Kier alpha value is -3.19. The number of nitrogens with one attached hydrogen (secondary N) is 1. The maximum atomic E-state index is 12.8. The van der Waals surface area contributed by atoms with Crippen LogP contribution in [0.2, 0.25) is 0 Å². The smallest absolute Gasteiger partial charge is 0.251 e. The minimum absolute atomic E-state index is 0.101. The number of nitrogens with zero attached hydrogens (tertiary/aromatic N) is 3. The first-order valence-corrected chi connectivity index (χ1v) is 10.7. The molecule has 0 aliphatic carbocycles. The summed E-state index contributed by atoms with van der Waals surface area (Å²) in [6.45, 7) is 2.46. The van der Waals surface area contributed by atoms with Crippen molar-refractivity contribution >= 4 is 22.9 Å². The van der Waals surface area contributed by atoms with Crippen molar-refractivity contribution in [1.82, 2.24) is 20.1 Å². The van der Waals surface area contributed by atoms with Crippen LogP contribution in [0.15, 0.2) is 52.9 Å². The molecular formula is C24H28N4O3. The van der Waals surface area contributed by atoms with Gasteiger partial charge in [0.15, 0.2) is 11.5 Å². The lowest BCUT2D eigenvalue weighted by Crippen LogP contribution is -2.42. The van der Waals surface area contributed by atoms with E-state index in [2.05, 4.69) is 10.3 Å². The van der Waals surface area contributed by atoms with Crippen molar-refractivity contribution in [2.24, 2.45) is 0 Å². The minimum atomic E-state index is -0.101. The zero-order chi connectivity index (χ0) is 21.8. The van der Waals surface area contributed by atoms with Gasteiger partial charge in [-0.05, 0) is 49.7 Å². The third kappa shape index (κ3) is 4.94. The molecule has 3 aromatic rings. The normalized spacial score (nSPS) is 14.9. The van der Waals surface area contributed by atoms with Crippen molar-refractivity contribution < 1.29 is 14.0 Å². The van der Waals surface area contributed by atoms with E-state index in [1.54, 1.807) is 19.2 Å². The maximum Gasteiger partial charge on any atom is 0.251 e. The number of hydrogen-bond acceptors (Lipinski definition) is 5. The third-order valence-electron chi connectivity index (χ3n) is 5.81. The van der Waals surface area contributed by atoms with Crippen molar-refractivity contribution in [2.75, 3.05) is 33.7 Å². The summed E-state index contributed by atoms with van der Waals surface area (Å²) in [5, 5.41) is 2.61.